The summed E-state index contributed by atoms with van der Waals surface area (Å²) < 4.78 is 0. The first-order chi connectivity index (χ1) is 7.93. The predicted molar refractivity (Wildman–Crippen MR) is 72.1 cm³/mol. The second kappa shape index (κ2) is 3.75. The average molecular weight is 254 g/mol. The SMILES string of the molecule is CC1(C)OOB(B2OOC(C)(C)C2(C)C)C1(C)C. The van der Waals surface area contributed by atoms with Gasteiger partial charge in [0.25, 0.3) is 0 Å². The molecule has 0 amide bonds. The van der Waals surface area contributed by atoms with E-state index < -0.39 is 0 Å². The topological polar surface area (TPSA) is 36.9 Å². The normalized spacial score (nSPS) is 32.0. The fraction of sp³-hybridized carbons (Fsp3) is 1.00. The van der Waals surface area contributed by atoms with Crippen molar-refractivity contribution in [2.75, 3.05) is 0 Å². The van der Waals surface area contributed by atoms with E-state index in [1.54, 1.807) is 0 Å². The van der Waals surface area contributed by atoms with E-state index in [2.05, 4.69) is 27.7 Å². The molecule has 2 aliphatic heterocycles. The van der Waals surface area contributed by atoms with Crippen LogP contribution in [0.3, 0.4) is 0 Å². The molecule has 2 aliphatic rings. The standard InChI is InChI=1S/C12H24B2O4/c1-9(2)11(5,6)15-17-13(9)14-10(3,4)12(7,8)16-18-14/h1-8H3. The molecule has 0 bridgehead atoms. The van der Waals surface area contributed by atoms with Crippen molar-refractivity contribution >= 4 is 13.6 Å². The molecule has 0 spiro atoms. The summed E-state index contributed by atoms with van der Waals surface area (Å²) in [6.07, 6.45) is 0. The average Bonchev–Trinajstić information content (AvgIpc) is 2.50. The minimum Gasteiger partial charge on any atom is -0.310 e. The maximum absolute atomic E-state index is 5.59. The molecule has 2 fully saturated rings. The Labute approximate surface area is 111 Å². The van der Waals surface area contributed by atoms with Crippen LogP contribution in [0.4, 0.5) is 0 Å². The van der Waals surface area contributed by atoms with Crippen molar-refractivity contribution in [2.45, 2.75) is 77.2 Å². The van der Waals surface area contributed by atoms with Gasteiger partial charge in [0, 0.05) is 10.6 Å². The van der Waals surface area contributed by atoms with E-state index in [1.807, 2.05) is 27.7 Å². The predicted octanol–water partition coefficient (Wildman–Crippen LogP) is 3.09. The Morgan fingerprint density at radius 3 is 1.00 bits per heavy atom. The molecule has 18 heavy (non-hydrogen) atoms. The van der Waals surface area contributed by atoms with Crippen molar-refractivity contribution in [3.05, 3.63) is 0 Å². The molecule has 2 heterocycles. The Hall–Kier alpha value is -0.0301. The van der Waals surface area contributed by atoms with Gasteiger partial charge in [-0.3, -0.25) is 0 Å². The van der Waals surface area contributed by atoms with Gasteiger partial charge in [-0.1, -0.05) is 27.7 Å². The second-order valence-electron chi connectivity index (χ2n) is 7.66. The second-order valence-corrected chi connectivity index (χ2v) is 7.66. The lowest BCUT2D eigenvalue weighted by molar-refractivity contribution is -0.266. The third-order valence-corrected chi connectivity index (χ3v) is 5.52. The summed E-state index contributed by atoms with van der Waals surface area (Å²) in [6, 6.07) is 0. The van der Waals surface area contributed by atoms with Crippen LogP contribution in [0, 0.1) is 0 Å². The highest BCUT2D eigenvalue weighted by atomic mass is 17.2. The van der Waals surface area contributed by atoms with E-state index in [-0.39, 0.29) is 35.4 Å². The molecule has 0 saturated carbocycles. The Kier molecular flexibility index (Phi) is 3.00. The van der Waals surface area contributed by atoms with E-state index in [0.717, 1.165) is 0 Å². The van der Waals surface area contributed by atoms with Gasteiger partial charge in [-0.15, -0.1) is 0 Å². The molecule has 0 radical (unpaired) electrons. The van der Waals surface area contributed by atoms with Gasteiger partial charge in [0.2, 0.25) is 0 Å². The molecular formula is C12H24B2O4. The van der Waals surface area contributed by atoms with Crippen molar-refractivity contribution in [2.24, 2.45) is 0 Å². The van der Waals surface area contributed by atoms with Crippen molar-refractivity contribution in [1.82, 2.24) is 0 Å². The maximum Gasteiger partial charge on any atom is 0.353 e. The summed E-state index contributed by atoms with van der Waals surface area (Å²) in [5.74, 6) is 0. The molecule has 0 N–H and O–H groups in total. The number of hydrogen-bond acceptors (Lipinski definition) is 4. The van der Waals surface area contributed by atoms with Gasteiger partial charge in [0.1, 0.15) is 0 Å². The zero-order chi connectivity index (χ0) is 14.0. The number of hydrogen-bond donors (Lipinski definition) is 0. The van der Waals surface area contributed by atoms with E-state index in [4.69, 9.17) is 19.4 Å². The van der Waals surface area contributed by atoms with Gasteiger partial charge in [-0.2, -0.15) is 0 Å². The Morgan fingerprint density at radius 1 is 0.556 bits per heavy atom. The van der Waals surface area contributed by atoms with E-state index >= 15 is 0 Å². The van der Waals surface area contributed by atoms with Gasteiger partial charge in [-0.25, -0.2) is 9.78 Å². The third-order valence-electron chi connectivity index (χ3n) is 5.52. The van der Waals surface area contributed by atoms with E-state index in [0.29, 0.717) is 0 Å². The Morgan fingerprint density at radius 2 is 0.833 bits per heavy atom. The zero-order valence-corrected chi connectivity index (χ0v) is 12.8. The molecule has 102 valence electrons. The van der Waals surface area contributed by atoms with Crippen LogP contribution in [0.2, 0.25) is 10.6 Å². The molecule has 2 rings (SSSR count). The lowest BCUT2D eigenvalue weighted by Gasteiger charge is -2.36. The largest absolute Gasteiger partial charge is 0.353 e. The van der Waals surface area contributed by atoms with Crippen LogP contribution in [0.15, 0.2) is 0 Å². The van der Waals surface area contributed by atoms with Crippen molar-refractivity contribution in [1.29, 1.82) is 0 Å². The maximum atomic E-state index is 5.59. The summed E-state index contributed by atoms with van der Waals surface area (Å²) in [5.41, 5.74) is -0.687. The van der Waals surface area contributed by atoms with Crippen LogP contribution in [0.25, 0.3) is 0 Å². The fourth-order valence-corrected chi connectivity index (χ4v) is 2.34. The summed E-state index contributed by atoms with van der Waals surface area (Å²) in [7, 11) is 0. The van der Waals surface area contributed by atoms with Gasteiger partial charge in [0.15, 0.2) is 0 Å². The van der Waals surface area contributed by atoms with Gasteiger partial charge >= 0.3 is 13.6 Å². The molecule has 0 aromatic carbocycles. The van der Waals surface area contributed by atoms with Gasteiger partial charge < -0.3 is 9.61 Å². The summed E-state index contributed by atoms with van der Waals surface area (Å²) in [4.78, 5) is 22.2. The summed E-state index contributed by atoms with van der Waals surface area (Å²) in [6.45, 7) is 16.5. The summed E-state index contributed by atoms with van der Waals surface area (Å²) in [5, 5.41) is -0.308. The van der Waals surface area contributed by atoms with E-state index in [1.165, 1.54) is 0 Å². The lowest BCUT2D eigenvalue weighted by Crippen LogP contribution is -2.53. The molecule has 0 unspecified atom stereocenters. The molecule has 6 heteroatoms. The highest BCUT2D eigenvalue weighted by Gasteiger charge is 2.69. The van der Waals surface area contributed by atoms with Crippen LogP contribution in [0.5, 0.6) is 0 Å². The first-order valence-electron chi connectivity index (χ1n) is 6.62. The van der Waals surface area contributed by atoms with Crippen LogP contribution >= 0.6 is 0 Å². The molecule has 0 aromatic heterocycles. The smallest absolute Gasteiger partial charge is 0.310 e. The third kappa shape index (κ3) is 1.69. The minimum absolute atomic E-state index is 0.149. The van der Waals surface area contributed by atoms with Gasteiger partial charge in [-0.05, 0) is 27.7 Å². The Bertz CT molecular complexity index is 318. The number of rotatable bonds is 1. The van der Waals surface area contributed by atoms with E-state index in [9.17, 15) is 0 Å². The monoisotopic (exact) mass is 254 g/mol. The summed E-state index contributed by atoms with van der Waals surface area (Å²) >= 11 is 0. The van der Waals surface area contributed by atoms with Crippen LogP contribution in [0.1, 0.15) is 55.4 Å². The lowest BCUT2D eigenvalue weighted by atomic mass is 9.10. The van der Waals surface area contributed by atoms with Crippen LogP contribution < -0.4 is 0 Å². The molecular weight excluding hydrogens is 230 g/mol. The highest BCUT2D eigenvalue weighted by Crippen LogP contribution is 2.57. The van der Waals surface area contributed by atoms with Crippen LogP contribution in [-0.4, -0.2) is 24.8 Å². The zero-order valence-electron chi connectivity index (χ0n) is 12.8. The first kappa shape index (κ1) is 14.4. The van der Waals surface area contributed by atoms with Crippen molar-refractivity contribution < 1.29 is 19.4 Å². The van der Waals surface area contributed by atoms with Gasteiger partial charge in [0.05, 0.1) is 11.2 Å². The molecule has 2 saturated heterocycles. The molecule has 0 aromatic rings. The first-order valence-corrected chi connectivity index (χ1v) is 6.62. The van der Waals surface area contributed by atoms with Crippen molar-refractivity contribution in [3.63, 3.8) is 0 Å². The van der Waals surface area contributed by atoms with Crippen LogP contribution in [-0.2, 0) is 19.4 Å². The highest BCUT2D eigenvalue weighted by molar-refractivity contribution is 7.19. The molecule has 4 nitrogen and oxygen atoms in total. The van der Waals surface area contributed by atoms with Crippen molar-refractivity contribution in [3.8, 4) is 0 Å². The quantitative estimate of drug-likeness (QED) is 0.532. The molecule has 0 atom stereocenters. The Balaban J connectivity index is 2.30. The molecule has 0 aliphatic carbocycles. The minimum atomic E-state index is -0.343. The fourth-order valence-electron chi connectivity index (χ4n) is 2.34.